The van der Waals surface area contributed by atoms with Crippen molar-refractivity contribution >= 4 is 17.7 Å². The second-order valence-corrected chi connectivity index (χ2v) is 5.62. The third-order valence-electron chi connectivity index (χ3n) is 4.23. The molecular weight excluding hydrogens is 270 g/mol. The van der Waals surface area contributed by atoms with Crippen LogP contribution in [0.5, 0.6) is 0 Å². The zero-order valence-corrected chi connectivity index (χ0v) is 12.1. The van der Waals surface area contributed by atoms with Crippen LogP contribution in [0.2, 0.25) is 0 Å². The molecule has 0 aromatic heterocycles. The highest BCUT2D eigenvalue weighted by Crippen LogP contribution is 2.30. The van der Waals surface area contributed by atoms with Gasteiger partial charge in [-0.25, -0.2) is 9.59 Å². The number of urea groups is 1. The molecule has 0 atom stereocenters. The molecule has 0 spiro atoms. The van der Waals surface area contributed by atoms with Crippen LogP contribution < -0.4 is 4.90 Å². The molecule has 0 aliphatic carbocycles. The van der Waals surface area contributed by atoms with Gasteiger partial charge in [0.1, 0.15) is 0 Å². The molecule has 1 fully saturated rings. The van der Waals surface area contributed by atoms with Crippen LogP contribution in [0.4, 0.5) is 10.5 Å². The summed E-state index contributed by atoms with van der Waals surface area (Å²) in [6.07, 6.45) is 0.786. The number of carboxylic acids is 1. The topological polar surface area (TPSA) is 64.1 Å². The van der Waals surface area contributed by atoms with Crippen molar-refractivity contribution in [1.82, 2.24) is 9.80 Å². The Bertz CT molecular complexity index is 580. The summed E-state index contributed by atoms with van der Waals surface area (Å²) in [7, 11) is 2.05. The fourth-order valence-corrected chi connectivity index (χ4v) is 2.88. The Balaban J connectivity index is 1.81. The van der Waals surface area contributed by atoms with E-state index < -0.39 is 5.97 Å². The van der Waals surface area contributed by atoms with Gasteiger partial charge in [0.25, 0.3) is 0 Å². The maximum Gasteiger partial charge on any atom is 0.335 e. The van der Waals surface area contributed by atoms with Gasteiger partial charge in [-0.1, -0.05) is 6.07 Å². The molecule has 21 heavy (non-hydrogen) atoms. The van der Waals surface area contributed by atoms with E-state index in [2.05, 4.69) is 4.90 Å². The van der Waals surface area contributed by atoms with Crippen molar-refractivity contribution in [2.75, 3.05) is 44.7 Å². The molecule has 2 aliphatic heterocycles. The molecule has 1 N–H and O–H groups in total. The minimum atomic E-state index is -0.961. The average Bonchev–Trinajstić information content (AvgIpc) is 2.90. The molecule has 0 unspecified atom stereocenters. The number of likely N-dealkylation sites (N-methyl/N-ethyl adjacent to an activating group) is 1. The number of aromatic carboxylic acids is 1. The summed E-state index contributed by atoms with van der Waals surface area (Å²) in [4.78, 5) is 29.5. The number of anilines is 1. The number of nitrogens with zero attached hydrogens (tertiary/aromatic N) is 3. The summed E-state index contributed by atoms with van der Waals surface area (Å²) >= 11 is 0. The molecule has 1 aromatic rings. The molecule has 1 aromatic carbocycles. The van der Waals surface area contributed by atoms with Crippen molar-refractivity contribution in [2.24, 2.45) is 0 Å². The fraction of sp³-hybridized carbons (Fsp3) is 0.467. The molecule has 2 aliphatic rings. The van der Waals surface area contributed by atoms with E-state index in [-0.39, 0.29) is 11.6 Å². The van der Waals surface area contributed by atoms with Gasteiger partial charge in [-0.05, 0) is 31.2 Å². The number of hydrogen-bond acceptors (Lipinski definition) is 3. The zero-order valence-electron chi connectivity index (χ0n) is 12.1. The van der Waals surface area contributed by atoms with Crippen molar-refractivity contribution in [2.45, 2.75) is 6.42 Å². The van der Waals surface area contributed by atoms with Gasteiger partial charge in [-0.15, -0.1) is 0 Å². The van der Waals surface area contributed by atoms with E-state index in [9.17, 15) is 9.59 Å². The standard InChI is InChI=1S/C15H19N3O3/c1-16-6-8-17(9-7-16)15(21)18-5-4-11-2-3-12(14(19)20)10-13(11)18/h2-3,10H,4-9H2,1H3,(H,19,20). The van der Waals surface area contributed by atoms with E-state index in [4.69, 9.17) is 5.11 Å². The average molecular weight is 289 g/mol. The highest BCUT2D eigenvalue weighted by molar-refractivity contribution is 5.97. The Hall–Kier alpha value is -2.08. The molecule has 6 heteroatoms. The summed E-state index contributed by atoms with van der Waals surface area (Å²) in [6.45, 7) is 3.83. The first-order valence-electron chi connectivity index (χ1n) is 7.17. The lowest BCUT2D eigenvalue weighted by Gasteiger charge is -2.35. The van der Waals surface area contributed by atoms with Crippen LogP contribution in [0.3, 0.4) is 0 Å². The molecule has 2 amide bonds. The number of amides is 2. The normalized spacial score (nSPS) is 18.7. The van der Waals surface area contributed by atoms with Crippen molar-refractivity contribution in [1.29, 1.82) is 0 Å². The first-order valence-corrected chi connectivity index (χ1v) is 7.17. The third kappa shape index (κ3) is 2.58. The van der Waals surface area contributed by atoms with Crippen molar-refractivity contribution < 1.29 is 14.7 Å². The minimum Gasteiger partial charge on any atom is -0.478 e. The van der Waals surface area contributed by atoms with Crippen molar-refractivity contribution in [3.63, 3.8) is 0 Å². The number of benzene rings is 1. The van der Waals surface area contributed by atoms with E-state index >= 15 is 0 Å². The second kappa shape index (κ2) is 5.37. The molecule has 0 bridgehead atoms. The highest BCUT2D eigenvalue weighted by Gasteiger charge is 2.30. The molecule has 6 nitrogen and oxygen atoms in total. The fourth-order valence-electron chi connectivity index (χ4n) is 2.88. The summed E-state index contributed by atoms with van der Waals surface area (Å²) in [5.41, 5.74) is 2.02. The van der Waals surface area contributed by atoms with Gasteiger partial charge in [-0.2, -0.15) is 0 Å². The van der Waals surface area contributed by atoms with E-state index in [0.29, 0.717) is 6.54 Å². The summed E-state index contributed by atoms with van der Waals surface area (Å²) in [5, 5.41) is 9.10. The summed E-state index contributed by atoms with van der Waals surface area (Å²) < 4.78 is 0. The number of hydrogen-bond donors (Lipinski definition) is 1. The van der Waals surface area contributed by atoms with E-state index in [0.717, 1.165) is 43.9 Å². The van der Waals surface area contributed by atoms with Crippen LogP contribution in [0.15, 0.2) is 18.2 Å². The zero-order chi connectivity index (χ0) is 15.0. The summed E-state index contributed by atoms with van der Waals surface area (Å²) in [5.74, 6) is -0.961. The van der Waals surface area contributed by atoms with E-state index in [1.54, 1.807) is 17.0 Å². The van der Waals surface area contributed by atoms with Gasteiger partial charge in [-0.3, -0.25) is 4.90 Å². The molecule has 0 saturated carbocycles. The SMILES string of the molecule is CN1CCN(C(=O)N2CCc3ccc(C(=O)O)cc32)CC1. The molecule has 112 valence electrons. The first kappa shape index (κ1) is 13.9. The van der Waals surface area contributed by atoms with Crippen molar-refractivity contribution in [3.05, 3.63) is 29.3 Å². The lowest BCUT2D eigenvalue weighted by Crippen LogP contribution is -2.51. The lowest BCUT2D eigenvalue weighted by molar-refractivity contribution is 0.0697. The van der Waals surface area contributed by atoms with Crippen LogP contribution >= 0.6 is 0 Å². The predicted octanol–water partition coefficient (Wildman–Crippen LogP) is 1.11. The highest BCUT2D eigenvalue weighted by atomic mass is 16.4. The van der Waals surface area contributed by atoms with E-state index in [1.807, 2.05) is 18.0 Å². The number of carbonyl (C=O) groups excluding carboxylic acids is 1. The number of carbonyl (C=O) groups is 2. The smallest absolute Gasteiger partial charge is 0.335 e. The van der Waals surface area contributed by atoms with Crippen molar-refractivity contribution in [3.8, 4) is 0 Å². The Morgan fingerprint density at radius 1 is 1.10 bits per heavy atom. The minimum absolute atomic E-state index is 0.00983. The number of rotatable bonds is 1. The second-order valence-electron chi connectivity index (χ2n) is 5.62. The predicted molar refractivity (Wildman–Crippen MR) is 78.9 cm³/mol. The van der Waals surface area contributed by atoms with Crippen LogP contribution in [0.1, 0.15) is 15.9 Å². The number of fused-ring (bicyclic) bond motifs is 1. The largest absolute Gasteiger partial charge is 0.478 e. The van der Waals surface area contributed by atoms with E-state index in [1.165, 1.54) is 0 Å². The van der Waals surface area contributed by atoms with Crippen LogP contribution in [0.25, 0.3) is 0 Å². The Kier molecular flexibility index (Phi) is 3.55. The monoisotopic (exact) mass is 289 g/mol. The number of carboxylic acid groups (broad SMARTS) is 1. The third-order valence-corrected chi connectivity index (χ3v) is 4.23. The Morgan fingerprint density at radius 2 is 1.81 bits per heavy atom. The van der Waals surface area contributed by atoms with Gasteiger partial charge in [0.2, 0.25) is 0 Å². The van der Waals surface area contributed by atoms with Gasteiger partial charge in [0.15, 0.2) is 0 Å². The maximum atomic E-state index is 12.6. The van der Waals surface area contributed by atoms with Gasteiger partial charge >= 0.3 is 12.0 Å². The van der Waals surface area contributed by atoms with Gasteiger partial charge in [0.05, 0.1) is 5.56 Å². The quantitative estimate of drug-likeness (QED) is 0.841. The van der Waals surface area contributed by atoms with Crippen LogP contribution in [0, 0.1) is 0 Å². The van der Waals surface area contributed by atoms with Gasteiger partial charge in [0, 0.05) is 38.4 Å². The molecule has 3 rings (SSSR count). The molecule has 1 saturated heterocycles. The molecule has 0 radical (unpaired) electrons. The Labute approximate surface area is 123 Å². The van der Waals surface area contributed by atoms with Crippen LogP contribution in [-0.2, 0) is 6.42 Å². The van der Waals surface area contributed by atoms with Gasteiger partial charge < -0.3 is 14.9 Å². The molecule has 2 heterocycles. The Morgan fingerprint density at radius 3 is 2.48 bits per heavy atom. The maximum absolute atomic E-state index is 12.6. The summed E-state index contributed by atoms with van der Waals surface area (Å²) in [6, 6.07) is 5.02. The lowest BCUT2D eigenvalue weighted by atomic mass is 10.1. The molecular formula is C15H19N3O3. The first-order chi connectivity index (χ1) is 10.1. The van der Waals surface area contributed by atoms with Crippen LogP contribution in [-0.4, -0.2) is 66.7 Å². The number of piperazine rings is 1.